The van der Waals surface area contributed by atoms with Gasteiger partial charge in [0.15, 0.2) is 0 Å². The van der Waals surface area contributed by atoms with Gasteiger partial charge >= 0.3 is 5.97 Å². The Morgan fingerprint density at radius 1 is 1.43 bits per heavy atom. The van der Waals surface area contributed by atoms with Crippen LogP contribution in [0.2, 0.25) is 0 Å². The van der Waals surface area contributed by atoms with Gasteiger partial charge in [-0.25, -0.2) is 4.79 Å². The lowest BCUT2D eigenvalue weighted by Crippen LogP contribution is -2.40. The SMILES string of the molecule is CC(CN1CCCC1)NC(=O)c1ccc(C=CC(=O)O)s1. The molecular formula is C15H20N2O3S. The largest absolute Gasteiger partial charge is 0.478 e. The summed E-state index contributed by atoms with van der Waals surface area (Å²) in [6.45, 7) is 5.12. The number of nitrogens with zero attached hydrogens (tertiary/aromatic N) is 1. The van der Waals surface area contributed by atoms with Crippen LogP contribution in [-0.4, -0.2) is 47.6 Å². The number of carboxylic acid groups (broad SMARTS) is 1. The third-order valence-electron chi connectivity index (χ3n) is 3.35. The maximum absolute atomic E-state index is 12.1. The van der Waals surface area contributed by atoms with Gasteiger partial charge < -0.3 is 15.3 Å². The monoisotopic (exact) mass is 308 g/mol. The van der Waals surface area contributed by atoms with Crippen LogP contribution >= 0.6 is 11.3 Å². The molecule has 1 saturated heterocycles. The Bertz CT molecular complexity index is 533. The van der Waals surface area contributed by atoms with Crippen molar-refractivity contribution in [2.45, 2.75) is 25.8 Å². The second-order valence-electron chi connectivity index (χ2n) is 5.26. The summed E-state index contributed by atoms with van der Waals surface area (Å²) in [5.74, 6) is -1.09. The Labute approximate surface area is 128 Å². The predicted molar refractivity (Wildman–Crippen MR) is 83.6 cm³/mol. The van der Waals surface area contributed by atoms with Gasteiger partial charge in [-0.1, -0.05) is 0 Å². The Balaban J connectivity index is 1.86. The van der Waals surface area contributed by atoms with Crippen LogP contribution in [-0.2, 0) is 4.79 Å². The molecule has 0 saturated carbocycles. The molecule has 114 valence electrons. The molecular weight excluding hydrogens is 288 g/mol. The molecule has 0 aromatic carbocycles. The van der Waals surface area contributed by atoms with Crippen LogP contribution in [0.1, 0.15) is 34.3 Å². The topological polar surface area (TPSA) is 69.6 Å². The van der Waals surface area contributed by atoms with Crippen molar-refractivity contribution in [3.8, 4) is 0 Å². The highest BCUT2D eigenvalue weighted by molar-refractivity contribution is 7.14. The normalized spacial score (nSPS) is 17.2. The minimum absolute atomic E-state index is 0.0957. The molecule has 1 aromatic heterocycles. The van der Waals surface area contributed by atoms with Gasteiger partial charge in [0, 0.05) is 23.5 Å². The molecule has 6 heteroatoms. The molecule has 0 spiro atoms. The molecule has 21 heavy (non-hydrogen) atoms. The van der Waals surface area contributed by atoms with Gasteiger partial charge in [-0.05, 0) is 51.1 Å². The number of carbonyl (C=O) groups is 2. The minimum Gasteiger partial charge on any atom is -0.478 e. The van der Waals surface area contributed by atoms with Crippen molar-refractivity contribution in [3.05, 3.63) is 28.0 Å². The lowest BCUT2D eigenvalue weighted by molar-refractivity contribution is -0.131. The number of hydrogen-bond donors (Lipinski definition) is 2. The summed E-state index contributed by atoms with van der Waals surface area (Å²) in [7, 11) is 0. The average Bonchev–Trinajstić information content (AvgIpc) is 3.06. The van der Waals surface area contributed by atoms with E-state index >= 15 is 0 Å². The number of nitrogens with one attached hydrogen (secondary N) is 1. The van der Waals surface area contributed by atoms with Gasteiger partial charge in [-0.15, -0.1) is 11.3 Å². The van der Waals surface area contributed by atoms with Crippen molar-refractivity contribution >= 4 is 29.3 Å². The molecule has 1 aliphatic rings. The van der Waals surface area contributed by atoms with Crippen molar-refractivity contribution in [2.75, 3.05) is 19.6 Å². The summed E-state index contributed by atoms with van der Waals surface area (Å²) < 4.78 is 0. The quantitative estimate of drug-likeness (QED) is 0.789. The fourth-order valence-electron chi connectivity index (χ4n) is 2.41. The van der Waals surface area contributed by atoms with Gasteiger partial charge in [-0.3, -0.25) is 4.79 Å². The van der Waals surface area contributed by atoms with Gasteiger partial charge in [-0.2, -0.15) is 0 Å². The number of hydrogen-bond acceptors (Lipinski definition) is 4. The number of thiophene rings is 1. The summed E-state index contributed by atoms with van der Waals surface area (Å²) in [5, 5.41) is 11.6. The Hall–Kier alpha value is -1.66. The lowest BCUT2D eigenvalue weighted by atomic mass is 10.3. The van der Waals surface area contributed by atoms with Crippen LogP contribution in [0, 0.1) is 0 Å². The number of carbonyl (C=O) groups excluding carboxylic acids is 1. The van der Waals surface area contributed by atoms with Crippen LogP contribution in [0.25, 0.3) is 6.08 Å². The fourth-order valence-corrected chi connectivity index (χ4v) is 3.22. The van der Waals surface area contributed by atoms with E-state index in [9.17, 15) is 9.59 Å². The van der Waals surface area contributed by atoms with E-state index in [0.717, 1.165) is 30.6 Å². The smallest absolute Gasteiger partial charge is 0.328 e. The molecule has 0 radical (unpaired) electrons. The van der Waals surface area contributed by atoms with Crippen LogP contribution in [0.4, 0.5) is 0 Å². The van der Waals surface area contributed by atoms with Crippen LogP contribution < -0.4 is 5.32 Å². The first-order valence-electron chi connectivity index (χ1n) is 7.08. The maximum atomic E-state index is 12.1. The fraction of sp³-hybridized carbons (Fsp3) is 0.467. The van der Waals surface area contributed by atoms with E-state index in [0.29, 0.717) is 4.88 Å². The molecule has 1 aliphatic heterocycles. The first kappa shape index (κ1) is 15.7. The Kier molecular flexibility index (Phi) is 5.52. The second-order valence-corrected chi connectivity index (χ2v) is 6.37. The maximum Gasteiger partial charge on any atom is 0.328 e. The van der Waals surface area contributed by atoms with Gasteiger partial charge in [0.25, 0.3) is 5.91 Å². The van der Waals surface area contributed by atoms with E-state index in [1.54, 1.807) is 12.1 Å². The standard InChI is InChI=1S/C15H20N2O3S/c1-11(10-17-8-2-3-9-17)16-15(20)13-6-4-12(21-13)5-7-14(18)19/h4-7,11H,2-3,8-10H2,1H3,(H,16,20)(H,18,19). The number of carboxylic acids is 1. The molecule has 0 bridgehead atoms. The molecule has 2 heterocycles. The van der Waals surface area contributed by atoms with Crippen LogP contribution in [0.3, 0.4) is 0 Å². The highest BCUT2D eigenvalue weighted by Crippen LogP contribution is 2.18. The molecule has 1 aromatic rings. The van der Waals surface area contributed by atoms with Crippen LogP contribution in [0.15, 0.2) is 18.2 Å². The summed E-state index contributed by atoms with van der Waals surface area (Å²) in [4.78, 5) is 26.3. The molecule has 1 unspecified atom stereocenters. The second kappa shape index (κ2) is 7.38. The Morgan fingerprint density at radius 3 is 2.81 bits per heavy atom. The minimum atomic E-state index is -0.992. The van der Waals surface area contributed by atoms with Crippen LogP contribution in [0.5, 0.6) is 0 Å². The number of aliphatic carboxylic acids is 1. The highest BCUT2D eigenvalue weighted by atomic mass is 32.1. The van der Waals surface area contributed by atoms with Crippen molar-refractivity contribution in [1.82, 2.24) is 10.2 Å². The third kappa shape index (κ3) is 4.99. The number of likely N-dealkylation sites (tertiary alicyclic amines) is 1. The molecule has 5 nitrogen and oxygen atoms in total. The van der Waals surface area contributed by atoms with E-state index in [1.807, 2.05) is 6.92 Å². The molecule has 2 rings (SSSR count). The van der Waals surface area contributed by atoms with E-state index < -0.39 is 5.97 Å². The molecule has 2 N–H and O–H groups in total. The predicted octanol–water partition coefficient (Wildman–Crippen LogP) is 2.06. The molecule has 1 atom stereocenters. The van der Waals surface area contributed by atoms with Gasteiger partial charge in [0.2, 0.25) is 0 Å². The van der Waals surface area contributed by atoms with E-state index in [2.05, 4.69) is 10.2 Å². The third-order valence-corrected chi connectivity index (χ3v) is 4.40. The first-order valence-corrected chi connectivity index (χ1v) is 7.90. The summed E-state index contributed by atoms with van der Waals surface area (Å²) >= 11 is 1.29. The van der Waals surface area contributed by atoms with E-state index in [1.165, 1.54) is 30.3 Å². The summed E-state index contributed by atoms with van der Waals surface area (Å²) in [6, 6.07) is 3.59. The van der Waals surface area contributed by atoms with Crippen molar-refractivity contribution in [1.29, 1.82) is 0 Å². The summed E-state index contributed by atoms with van der Waals surface area (Å²) in [5.41, 5.74) is 0. The number of rotatable bonds is 6. The molecule has 0 aliphatic carbocycles. The molecule has 1 fully saturated rings. The van der Waals surface area contributed by atoms with Gasteiger partial charge in [0.1, 0.15) is 0 Å². The zero-order valence-electron chi connectivity index (χ0n) is 12.0. The van der Waals surface area contributed by atoms with E-state index in [-0.39, 0.29) is 11.9 Å². The lowest BCUT2D eigenvalue weighted by Gasteiger charge is -2.20. The first-order chi connectivity index (χ1) is 10.0. The van der Waals surface area contributed by atoms with Crippen molar-refractivity contribution < 1.29 is 14.7 Å². The summed E-state index contributed by atoms with van der Waals surface area (Å²) in [6.07, 6.45) is 5.05. The van der Waals surface area contributed by atoms with Gasteiger partial charge in [0.05, 0.1) is 4.88 Å². The highest BCUT2D eigenvalue weighted by Gasteiger charge is 2.17. The average molecular weight is 308 g/mol. The Morgan fingerprint density at radius 2 is 2.14 bits per heavy atom. The van der Waals surface area contributed by atoms with Crippen molar-refractivity contribution in [2.24, 2.45) is 0 Å². The zero-order valence-corrected chi connectivity index (χ0v) is 12.9. The van der Waals surface area contributed by atoms with E-state index in [4.69, 9.17) is 5.11 Å². The molecule has 1 amide bonds. The van der Waals surface area contributed by atoms with Crippen molar-refractivity contribution in [3.63, 3.8) is 0 Å². The zero-order chi connectivity index (χ0) is 15.2. The number of amides is 1.